The summed E-state index contributed by atoms with van der Waals surface area (Å²) < 4.78 is 0. The quantitative estimate of drug-likeness (QED) is 0.652. The van der Waals surface area contributed by atoms with E-state index in [1.807, 2.05) is 13.8 Å². The van der Waals surface area contributed by atoms with E-state index in [4.69, 9.17) is 0 Å². The van der Waals surface area contributed by atoms with Crippen LogP contribution in [-0.4, -0.2) is 16.6 Å². The molecule has 1 aromatic carbocycles. The van der Waals surface area contributed by atoms with E-state index < -0.39 is 0 Å². The van der Waals surface area contributed by atoms with E-state index in [0.29, 0.717) is 5.56 Å². The smallest absolute Gasteiger partial charge is 0.251 e. The van der Waals surface area contributed by atoms with Gasteiger partial charge in [0.05, 0.1) is 0 Å². The van der Waals surface area contributed by atoms with Crippen molar-refractivity contribution >= 4 is 5.91 Å². The van der Waals surface area contributed by atoms with Crippen LogP contribution in [0.3, 0.4) is 0 Å². The number of phenols is 1. The number of amides is 1. The predicted octanol–water partition coefficient (Wildman–Crippen LogP) is 1.46. The Morgan fingerprint density at radius 1 is 1.43 bits per heavy atom. The summed E-state index contributed by atoms with van der Waals surface area (Å²) in [6.07, 6.45) is 0.752. The van der Waals surface area contributed by atoms with E-state index in [0.717, 1.165) is 12.0 Å². The zero-order chi connectivity index (χ0) is 10.3. The van der Waals surface area contributed by atoms with Crippen LogP contribution in [0.5, 0.6) is 5.75 Å². The van der Waals surface area contributed by atoms with Gasteiger partial charge in [0.15, 0.2) is 0 Å². The van der Waals surface area contributed by atoms with Gasteiger partial charge in [-0.25, -0.2) is 0 Å². The van der Waals surface area contributed by atoms with Gasteiger partial charge in [0.25, 0.3) is 5.91 Å². The first-order valence-electron chi connectivity index (χ1n) is 4.62. The molecule has 0 atom stereocenters. The van der Waals surface area contributed by atoms with Crippen LogP contribution in [0.25, 0.3) is 0 Å². The Morgan fingerprint density at radius 3 is 2.86 bits per heavy atom. The summed E-state index contributed by atoms with van der Waals surface area (Å²) in [6.45, 7) is 3.94. The van der Waals surface area contributed by atoms with Gasteiger partial charge in [-0.2, -0.15) is 0 Å². The molecule has 1 heterocycles. The fourth-order valence-corrected chi connectivity index (χ4v) is 1.84. The van der Waals surface area contributed by atoms with Crippen molar-refractivity contribution in [2.24, 2.45) is 0 Å². The molecule has 74 valence electrons. The van der Waals surface area contributed by atoms with Crippen LogP contribution < -0.4 is 5.32 Å². The summed E-state index contributed by atoms with van der Waals surface area (Å²) in [5.41, 5.74) is 1.36. The van der Waals surface area contributed by atoms with E-state index in [2.05, 4.69) is 5.32 Å². The maximum absolute atomic E-state index is 11.6. The molecule has 0 unspecified atom stereocenters. The first kappa shape index (κ1) is 9.06. The van der Waals surface area contributed by atoms with Crippen LogP contribution in [0, 0.1) is 0 Å². The highest BCUT2D eigenvalue weighted by Crippen LogP contribution is 2.25. The van der Waals surface area contributed by atoms with Crippen molar-refractivity contribution in [1.82, 2.24) is 5.32 Å². The van der Waals surface area contributed by atoms with Crippen LogP contribution in [0.15, 0.2) is 18.2 Å². The van der Waals surface area contributed by atoms with Crippen LogP contribution in [-0.2, 0) is 6.42 Å². The van der Waals surface area contributed by atoms with E-state index in [-0.39, 0.29) is 17.2 Å². The van der Waals surface area contributed by atoms with Gasteiger partial charge < -0.3 is 10.4 Å². The van der Waals surface area contributed by atoms with Gasteiger partial charge in [-0.15, -0.1) is 0 Å². The number of carbonyl (C=O) groups excluding carboxylic acids is 1. The van der Waals surface area contributed by atoms with Gasteiger partial charge in [-0.05, 0) is 44.0 Å². The third-order valence-electron chi connectivity index (χ3n) is 2.42. The van der Waals surface area contributed by atoms with Crippen molar-refractivity contribution in [2.75, 3.05) is 0 Å². The lowest BCUT2D eigenvalue weighted by molar-refractivity contribution is 0.0897. The Hall–Kier alpha value is -1.51. The van der Waals surface area contributed by atoms with Gasteiger partial charge in [-0.3, -0.25) is 4.79 Å². The molecule has 2 N–H and O–H groups in total. The number of fused-ring (bicyclic) bond motifs is 1. The zero-order valence-electron chi connectivity index (χ0n) is 8.29. The molecular weight excluding hydrogens is 178 g/mol. The molecule has 14 heavy (non-hydrogen) atoms. The van der Waals surface area contributed by atoms with Crippen LogP contribution in [0.4, 0.5) is 0 Å². The number of nitrogens with one attached hydrogen (secondary N) is 1. The number of benzene rings is 1. The van der Waals surface area contributed by atoms with Crippen molar-refractivity contribution in [3.63, 3.8) is 0 Å². The summed E-state index contributed by atoms with van der Waals surface area (Å²) in [7, 11) is 0. The largest absolute Gasteiger partial charge is 0.508 e. The number of phenolic OH excluding ortho intramolecular Hbond substituents is 1. The Balaban J connectivity index is 2.51. The van der Waals surface area contributed by atoms with E-state index in [1.165, 1.54) is 6.07 Å². The number of carbonyl (C=O) groups is 1. The lowest BCUT2D eigenvalue weighted by Crippen LogP contribution is -2.49. The second kappa shape index (κ2) is 2.74. The molecule has 0 bridgehead atoms. The van der Waals surface area contributed by atoms with Gasteiger partial charge in [0.1, 0.15) is 5.75 Å². The molecule has 0 saturated carbocycles. The monoisotopic (exact) mass is 191 g/mol. The molecule has 3 nitrogen and oxygen atoms in total. The van der Waals surface area contributed by atoms with Crippen molar-refractivity contribution in [3.05, 3.63) is 29.3 Å². The summed E-state index contributed by atoms with van der Waals surface area (Å²) in [4.78, 5) is 11.6. The molecule has 0 aliphatic carbocycles. The van der Waals surface area contributed by atoms with Gasteiger partial charge in [-0.1, -0.05) is 0 Å². The van der Waals surface area contributed by atoms with Crippen LogP contribution in [0.1, 0.15) is 29.8 Å². The normalized spacial score (nSPS) is 18.6. The molecule has 1 aliphatic rings. The predicted molar refractivity (Wildman–Crippen MR) is 53.4 cm³/mol. The second-order valence-electron chi connectivity index (χ2n) is 4.36. The summed E-state index contributed by atoms with van der Waals surface area (Å²) >= 11 is 0. The fraction of sp³-hybridized carbons (Fsp3) is 0.364. The Kier molecular flexibility index (Phi) is 1.77. The highest BCUT2D eigenvalue weighted by Gasteiger charge is 2.29. The van der Waals surface area contributed by atoms with Crippen molar-refractivity contribution in [3.8, 4) is 5.75 Å². The average molecular weight is 191 g/mol. The second-order valence-corrected chi connectivity index (χ2v) is 4.36. The molecule has 0 radical (unpaired) electrons. The van der Waals surface area contributed by atoms with Gasteiger partial charge >= 0.3 is 0 Å². The Labute approximate surface area is 82.8 Å². The number of hydrogen-bond acceptors (Lipinski definition) is 2. The molecule has 1 aliphatic heterocycles. The minimum atomic E-state index is -0.224. The highest BCUT2D eigenvalue weighted by atomic mass is 16.3. The molecule has 1 amide bonds. The zero-order valence-corrected chi connectivity index (χ0v) is 8.29. The maximum atomic E-state index is 11.6. The molecule has 3 heteroatoms. The van der Waals surface area contributed by atoms with Gasteiger partial charge in [0, 0.05) is 11.1 Å². The van der Waals surface area contributed by atoms with E-state index in [1.54, 1.807) is 12.1 Å². The van der Waals surface area contributed by atoms with Crippen molar-refractivity contribution < 1.29 is 9.90 Å². The molecule has 0 fully saturated rings. The standard InChI is InChI=1S/C11H13NO2/c1-11(2)6-7-5-8(13)3-4-9(7)10(14)12-11/h3-5,13H,6H2,1-2H3,(H,12,14). The molecular formula is C11H13NO2. The summed E-state index contributed by atoms with van der Waals surface area (Å²) in [5.74, 6) is 0.158. The summed E-state index contributed by atoms with van der Waals surface area (Å²) in [6, 6.07) is 4.86. The minimum absolute atomic E-state index is 0.0590. The van der Waals surface area contributed by atoms with Crippen molar-refractivity contribution in [1.29, 1.82) is 0 Å². The first-order chi connectivity index (χ1) is 6.48. The average Bonchev–Trinajstić information content (AvgIpc) is 2.00. The third kappa shape index (κ3) is 1.45. The molecule has 0 saturated heterocycles. The number of rotatable bonds is 0. The third-order valence-corrected chi connectivity index (χ3v) is 2.42. The number of hydrogen-bond donors (Lipinski definition) is 2. The number of aromatic hydroxyl groups is 1. The van der Waals surface area contributed by atoms with Gasteiger partial charge in [0.2, 0.25) is 0 Å². The minimum Gasteiger partial charge on any atom is -0.508 e. The summed E-state index contributed by atoms with van der Waals surface area (Å²) in [5, 5.41) is 12.2. The van der Waals surface area contributed by atoms with E-state index in [9.17, 15) is 9.90 Å². The fourth-order valence-electron chi connectivity index (χ4n) is 1.84. The lowest BCUT2D eigenvalue weighted by Gasteiger charge is -2.32. The molecule has 0 aromatic heterocycles. The van der Waals surface area contributed by atoms with Crippen LogP contribution >= 0.6 is 0 Å². The highest BCUT2D eigenvalue weighted by molar-refractivity contribution is 5.97. The van der Waals surface area contributed by atoms with Crippen molar-refractivity contribution in [2.45, 2.75) is 25.8 Å². The Morgan fingerprint density at radius 2 is 2.14 bits per heavy atom. The molecule has 1 aromatic rings. The SMILES string of the molecule is CC1(C)Cc2cc(O)ccc2C(=O)N1. The van der Waals surface area contributed by atoms with E-state index >= 15 is 0 Å². The van der Waals surface area contributed by atoms with Crippen LogP contribution in [0.2, 0.25) is 0 Å². The lowest BCUT2D eigenvalue weighted by atomic mass is 9.87. The maximum Gasteiger partial charge on any atom is 0.251 e. The topological polar surface area (TPSA) is 49.3 Å². The Bertz CT molecular complexity index is 396. The molecule has 2 rings (SSSR count). The first-order valence-corrected chi connectivity index (χ1v) is 4.62. The molecule has 0 spiro atoms.